The van der Waals surface area contributed by atoms with Crippen LogP contribution in [-0.4, -0.2) is 28.1 Å². The van der Waals surface area contributed by atoms with Crippen LogP contribution in [0.5, 0.6) is 0 Å². The fourth-order valence-electron chi connectivity index (χ4n) is 2.80. The molecule has 5 heteroatoms. The third-order valence-electron chi connectivity index (χ3n) is 3.99. The smallest absolute Gasteiger partial charge is 0.253 e. The zero-order valence-electron chi connectivity index (χ0n) is 11.6. The van der Waals surface area contributed by atoms with Crippen molar-refractivity contribution in [3.63, 3.8) is 0 Å². The summed E-state index contributed by atoms with van der Waals surface area (Å²) in [5.41, 5.74) is 1.17. The van der Waals surface area contributed by atoms with Gasteiger partial charge in [-0.25, -0.2) is 0 Å². The Labute approximate surface area is 128 Å². The van der Waals surface area contributed by atoms with Gasteiger partial charge in [-0.1, -0.05) is 11.6 Å². The lowest BCUT2D eigenvalue weighted by Gasteiger charge is -2.26. The number of hydrogen-bond acceptors (Lipinski definition) is 3. The van der Waals surface area contributed by atoms with Crippen molar-refractivity contribution in [1.29, 1.82) is 0 Å². The summed E-state index contributed by atoms with van der Waals surface area (Å²) in [6, 6.07) is 7.22. The number of fused-ring (bicyclic) bond motifs is 1. The van der Waals surface area contributed by atoms with Gasteiger partial charge in [-0.2, -0.15) is 0 Å². The number of carbonyl (C=O) groups is 1. The molecule has 4 nitrogen and oxygen atoms in total. The van der Waals surface area contributed by atoms with Crippen LogP contribution in [0.3, 0.4) is 0 Å². The van der Waals surface area contributed by atoms with Gasteiger partial charge in [0.05, 0.1) is 22.2 Å². The SMILES string of the molecule is O=C(NC1CCC(O)CC1)c1ccc(Cl)c2cccnc12. The number of nitrogens with one attached hydrogen (secondary N) is 1. The highest BCUT2D eigenvalue weighted by Gasteiger charge is 2.22. The summed E-state index contributed by atoms with van der Waals surface area (Å²) >= 11 is 6.14. The van der Waals surface area contributed by atoms with Crippen LogP contribution in [0.4, 0.5) is 0 Å². The maximum absolute atomic E-state index is 12.5. The normalized spacial score (nSPS) is 22.2. The Morgan fingerprint density at radius 3 is 2.76 bits per heavy atom. The zero-order valence-corrected chi connectivity index (χ0v) is 12.3. The van der Waals surface area contributed by atoms with E-state index in [1.54, 1.807) is 24.4 Å². The van der Waals surface area contributed by atoms with Gasteiger partial charge in [0.2, 0.25) is 0 Å². The predicted octanol–water partition coefficient (Wildman–Crippen LogP) is 2.92. The van der Waals surface area contributed by atoms with Crippen molar-refractivity contribution in [1.82, 2.24) is 10.3 Å². The van der Waals surface area contributed by atoms with Crippen molar-refractivity contribution in [3.05, 3.63) is 41.0 Å². The average Bonchev–Trinajstić information content (AvgIpc) is 2.50. The minimum Gasteiger partial charge on any atom is -0.393 e. The highest BCUT2D eigenvalue weighted by atomic mass is 35.5. The van der Waals surface area contributed by atoms with Crippen LogP contribution >= 0.6 is 11.6 Å². The lowest BCUT2D eigenvalue weighted by molar-refractivity contribution is 0.0869. The molecule has 21 heavy (non-hydrogen) atoms. The van der Waals surface area contributed by atoms with E-state index in [-0.39, 0.29) is 18.1 Å². The van der Waals surface area contributed by atoms with Crippen LogP contribution in [0.15, 0.2) is 30.5 Å². The van der Waals surface area contributed by atoms with E-state index in [0.29, 0.717) is 16.1 Å². The number of pyridine rings is 1. The summed E-state index contributed by atoms with van der Waals surface area (Å²) in [5.74, 6) is -0.128. The molecule has 1 aromatic heterocycles. The molecule has 0 radical (unpaired) electrons. The molecule has 0 saturated heterocycles. The van der Waals surface area contributed by atoms with Gasteiger partial charge >= 0.3 is 0 Å². The van der Waals surface area contributed by atoms with Gasteiger partial charge in [0, 0.05) is 17.6 Å². The molecule has 1 fully saturated rings. The maximum Gasteiger partial charge on any atom is 0.253 e. The van der Waals surface area contributed by atoms with E-state index in [2.05, 4.69) is 10.3 Å². The number of nitrogens with zero attached hydrogens (tertiary/aromatic N) is 1. The van der Waals surface area contributed by atoms with Gasteiger partial charge in [0.1, 0.15) is 0 Å². The Balaban J connectivity index is 1.83. The molecule has 2 aromatic rings. The minimum atomic E-state index is -0.226. The van der Waals surface area contributed by atoms with E-state index in [4.69, 9.17) is 11.6 Å². The Bertz CT molecular complexity index is 666. The summed E-state index contributed by atoms with van der Waals surface area (Å²) in [7, 11) is 0. The van der Waals surface area contributed by atoms with E-state index in [1.807, 2.05) is 6.07 Å². The number of halogens is 1. The summed E-state index contributed by atoms with van der Waals surface area (Å²) < 4.78 is 0. The first-order valence-electron chi connectivity index (χ1n) is 7.17. The van der Waals surface area contributed by atoms with Crippen molar-refractivity contribution < 1.29 is 9.90 Å². The van der Waals surface area contributed by atoms with Crippen molar-refractivity contribution in [2.24, 2.45) is 0 Å². The fraction of sp³-hybridized carbons (Fsp3) is 0.375. The molecule has 0 bridgehead atoms. The van der Waals surface area contributed by atoms with E-state index < -0.39 is 0 Å². The minimum absolute atomic E-state index is 0.121. The second-order valence-corrected chi connectivity index (χ2v) is 5.88. The standard InChI is InChI=1S/C16H17ClN2O2/c17-14-8-7-13(15-12(14)2-1-9-18-15)16(21)19-10-3-5-11(20)6-4-10/h1-2,7-11,20H,3-6H2,(H,19,21). The van der Waals surface area contributed by atoms with E-state index in [0.717, 1.165) is 31.1 Å². The summed E-state index contributed by atoms with van der Waals surface area (Å²) in [6.45, 7) is 0. The number of rotatable bonds is 2. The molecule has 0 unspecified atom stereocenters. The monoisotopic (exact) mass is 304 g/mol. The molecule has 0 aliphatic heterocycles. The molecule has 1 aliphatic carbocycles. The molecule has 2 N–H and O–H groups in total. The van der Waals surface area contributed by atoms with Gasteiger partial charge in [-0.15, -0.1) is 0 Å². The van der Waals surface area contributed by atoms with Gasteiger partial charge < -0.3 is 10.4 Å². The van der Waals surface area contributed by atoms with E-state index >= 15 is 0 Å². The largest absolute Gasteiger partial charge is 0.393 e. The third kappa shape index (κ3) is 3.01. The number of hydrogen-bond donors (Lipinski definition) is 2. The number of benzene rings is 1. The quantitative estimate of drug-likeness (QED) is 0.896. The third-order valence-corrected chi connectivity index (χ3v) is 4.32. The van der Waals surface area contributed by atoms with Crippen LogP contribution < -0.4 is 5.32 Å². The van der Waals surface area contributed by atoms with Gasteiger partial charge in [-0.3, -0.25) is 9.78 Å². The molecular formula is C16H17ClN2O2. The molecule has 1 saturated carbocycles. The molecule has 0 atom stereocenters. The first kappa shape index (κ1) is 14.3. The lowest BCUT2D eigenvalue weighted by Crippen LogP contribution is -2.38. The van der Waals surface area contributed by atoms with Crippen LogP contribution in [0.25, 0.3) is 10.9 Å². The fourth-order valence-corrected chi connectivity index (χ4v) is 3.02. The molecule has 110 valence electrons. The van der Waals surface area contributed by atoms with Crippen LogP contribution in [0.1, 0.15) is 36.0 Å². The number of amides is 1. The number of aromatic nitrogens is 1. The van der Waals surface area contributed by atoms with Crippen molar-refractivity contribution in [2.75, 3.05) is 0 Å². The zero-order chi connectivity index (χ0) is 14.8. The Kier molecular flexibility index (Phi) is 4.08. The first-order valence-corrected chi connectivity index (χ1v) is 7.55. The molecule has 1 aliphatic rings. The predicted molar refractivity (Wildman–Crippen MR) is 82.5 cm³/mol. The number of aliphatic hydroxyl groups excluding tert-OH is 1. The first-order chi connectivity index (χ1) is 10.1. The lowest BCUT2D eigenvalue weighted by atomic mass is 9.93. The van der Waals surface area contributed by atoms with Crippen molar-refractivity contribution >= 4 is 28.4 Å². The topological polar surface area (TPSA) is 62.2 Å². The Morgan fingerprint density at radius 2 is 2.00 bits per heavy atom. The van der Waals surface area contributed by atoms with E-state index in [9.17, 15) is 9.90 Å². The molecule has 0 spiro atoms. The molecule has 1 aromatic carbocycles. The summed E-state index contributed by atoms with van der Waals surface area (Å²) in [5, 5.41) is 13.9. The Hall–Kier alpha value is -1.65. The average molecular weight is 305 g/mol. The number of aliphatic hydroxyl groups is 1. The highest BCUT2D eigenvalue weighted by Crippen LogP contribution is 2.25. The summed E-state index contributed by atoms with van der Waals surface area (Å²) in [6.07, 6.45) is 4.54. The molecular weight excluding hydrogens is 288 g/mol. The number of carbonyl (C=O) groups excluding carboxylic acids is 1. The Morgan fingerprint density at radius 1 is 1.24 bits per heavy atom. The molecule has 1 amide bonds. The highest BCUT2D eigenvalue weighted by molar-refractivity contribution is 6.36. The van der Waals surface area contributed by atoms with Gasteiger partial charge in [-0.05, 0) is 49.9 Å². The van der Waals surface area contributed by atoms with Crippen molar-refractivity contribution in [2.45, 2.75) is 37.8 Å². The maximum atomic E-state index is 12.5. The van der Waals surface area contributed by atoms with Gasteiger partial charge in [0.25, 0.3) is 5.91 Å². The van der Waals surface area contributed by atoms with Crippen LogP contribution in [-0.2, 0) is 0 Å². The van der Waals surface area contributed by atoms with Crippen molar-refractivity contribution in [3.8, 4) is 0 Å². The molecule has 3 rings (SSSR count). The van der Waals surface area contributed by atoms with Gasteiger partial charge in [0.15, 0.2) is 0 Å². The van der Waals surface area contributed by atoms with Crippen LogP contribution in [0.2, 0.25) is 5.02 Å². The second kappa shape index (κ2) is 6.00. The van der Waals surface area contributed by atoms with Crippen LogP contribution in [0, 0.1) is 0 Å². The van der Waals surface area contributed by atoms with E-state index in [1.165, 1.54) is 0 Å². The molecule has 1 heterocycles. The second-order valence-electron chi connectivity index (χ2n) is 5.47. The summed E-state index contributed by atoms with van der Waals surface area (Å²) in [4.78, 5) is 16.7.